The molecule has 19 heavy (non-hydrogen) atoms. The second-order valence-electron chi connectivity index (χ2n) is 4.93. The molecule has 1 amide bonds. The first-order chi connectivity index (χ1) is 9.10. The van der Waals surface area contributed by atoms with Crippen molar-refractivity contribution in [2.24, 2.45) is 0 Å². The summed E-state index contributed by atoms with van der Waals surface area (Å²) < 4.78 is 0.776. The summed E-state index contributed by atoms with van der Waals surface area (Å²) in [7, 11) is 1.99. The fourth-order valence-corrected chi connectivity index (χ4v) is 3.06. The fourth-order valence-electron chi connectivity index (χ4n) is 2.46. The lowest BCUT2D eigenvalue weighted by atomic mass is 9.91. The highest BCUT2D eigenvalue weighted by atomic mass is 79.9. The number of carbonyl (C=O) groups excluding carboxylic acids is 1. The lowest BCUT2D eigenvalue weighted by Crippen LogP contribution is -2.41. The van der Waals surface area contributed by atoms with E-state index in [-0.39, 0.29) is 11.9 Å². The quantitative estimate of drug-likeness (QED) is 0.882. The van der Waals surface area contributed by atoms with Crippen LogP contribution in [0.2, 0.25) is 5.02 Å². The Morgan fingerprint density at radius 3 is 2.53 bits per heavy atom. The second kappa shape index (κ2) is 6.73. The smallest absolute Gasteiger partial charge is 0.252 e. The van der Waals surface area contributed by atoms with Gasteiger partial charge in [0.2, 0.25) is 0 Å². The second-order valence-corrected chi connectivity index (χ2v) is 6.23. The van der Waals surface area contributed by atoms with Gasteiger partial charge in [-0.25, -0.2) is 0 Å². The van der Waals surface area contributed by atoms with Crippen molar-refractivity contribution in [3.63, 3.8) is 0 Å². The largest absolute Gasteiger partial charge is 0.349 e. The number of amides is 1. The van der Waals surface area contributed by atoms with Crippen molar-refractivity contribution >= 4 is 33.4 Å². The molecule has 0 atom stereocenters. The molecule has 1 fully saturated rings. The van der Waals surface area contributed by atoms with Crippen LogP contribution in [0.1, 0.15) is 36.0 Å². The van der Waals surface area contributed by atoms with Crippen LogP contribution in [0.4, 0.5) is 0 Å². The summed E-state index contributed by atoms with van der Waals surface area (Å²) >= 11 is 9.32. The van der Waals surface area contributed by atoms with Gasteiger partial charge in [0.15, 0.2) is 0 Å². The molecule has 1 aliphatic rings. The van der Waals surface area contributed by atoms with E-state index in [9.17, 15) is 4.79 Å². The van der Waals surface area contributed by atoms with Gasteiger partial charge in [-0.05, 0) is 66.9 Å². The predicted molar refractivity (Wildman–Crippen MR) is 81.7 cm³/mol. The van der Waals surface area contributed by atoms with Crippen molar-refractivity contribution in [3.05, 3.63) is 33.3 Å². The average molecular weight is 346 g/mol. The van der Waals surface area contributed by atoms with Gasteiger partial charge in [0, 0.05) is 21.6 Å². The Balaban J connectivity index is 1.96. The zero-order chi connectivity index (χ0) is 13.8. The van der Waals surface area contributed by atoms with E-state index in [1.807, 2.05) is 7.05 Å². The molecule has 0 aromatic heterocycles. The molecule has 0 unspecified atom stereocenters. The molecular weight excluding hydrogens is 328 g/mol. The molecule has 1 aliphatic carbocycles. The molecule has 1 aromatic carbocycles. The topological polar surface area (TPSA) is 41.1 Å². The van der Waals surface area contributed by atoms with Crippen LogP contribution in [0, 0.1) is 0 Å². The number of hydrogen-bond donors (Lipinski definition) is 2. The molecule has 0 heterocycles. The molecule has 0 saturated heterocycles. The predicted octanol–water partition coefficient (Wildman–Crippen LogP) is 3.36. The number of benzene rings is 1. The van der Waals surface area contributed by atoms with Gasteiger partial charge in [0.25, 0.3) is 5.91 Å². The van der Waals surface area contributed by atoms with Crippen molar-refractivity contribution in [1.82, 2.24) is 10.6 Å². The highest BCUT2D eigenvalue weighted by Crippen LogP contribution is 2.23. The zero-order valence-electron chi connectivity index (χ0n) is 10.9. The van der Waals surface area contributed by atoms with Crippen LogP contribution in [0.5, 0.6) is 0 Å². The molecule has 2 N–H and O–H groups in total. The van der Waals surface area contributed by atoms with Crippen LogP contribution in [0.3, 0.4) is 0 Å². The van der Waals surface area contributed by atoms with Crippen molar-refractivity contribution in [2.75, 3.05) is 7.05 Å². The zero-order valence-corrected chi connectivity index (χ0v) is 13.2. The van der Waals surface area contributed by atoms with Crippen LogP contribution in [0.25, 0.3) is 0 Å². The van der Waals surface area contributed by atoms with E-state index >= 15 is 0 Å². The molecule has 1 saturated carbocycles. The van der Waals surface area contributed by atoms with Crippen molar-refractivity contribution < 1.29 is 4.79 Å². The summed E-state index contributed by atoms with van der Waals surface area (Å²) in [4.78, 5) is 12.2. The maximum atomic E-state index is 12.2. The SMILES string of the molecule is CNC1CCC(NC(=O)c2cc(Cl)ccc2Br)CC1. The summed E-state index contributed by atoms with van der Waals surface area (Å²) in [5.74, 6) is -0.0534. The van der Waals surface area contributed by atoms with E-state index in [0.717, 1.165) is 30.2 Å². The van der Waals surface area contributed by atoms with Crippen molar-refractivity contribution in [3.8, 4) is 0 Å². The third kappa shape index (κ3) is 3.94. The summed E-state index contributed by atoms with van der Waals surface area (Å²) in [6.07, 6.45) is 4.27. The summed E-state index contributed by atoms with van der Waals surface area (Å²) in [5, 5.41) is 6.96. The molecule has 1 aromatic rings. The normalized spacial score (nSPS) is 23.1. The van der Waals surface area contributed by atoms with Crippen LogP contribution in [-0.2, 0) is 0 Å². The van der Waals surface area contributed by atoms with Gasteiger partial charge in [-0.15, -0.1) is 0 Å². The Hall–Kier alpha value is -0.580. The molecule has 0 radical (unpaired) electrons. The first kappa shape index (κ1) is 14.8. The minimum atomic E-state index is -0.0534. The first-order valence-electron chi connectivity index (χ1n) is 6.53. The molecule has 5 heteroatoms. The van der Waals surface area contributed by atoms with Gasteiger partial charge in [0.1, 0.15) is 0 Å². The highest BCUT2D eigenvalue weighted by Gasteiger charge is 2.22. The van der Waals surface area contributed by atoms with E-state index in [2.05, 4.69) is 26.6 Å². The van der Waals surface area contributed by atoms with Gasteiger partial charge in [-0.3, -0.25) is 4.79 Å². The Morgan fingerprint density at radius 1 is 1.26 bits per heavy atom. The average Bonchev–Trinajstić information content (AvgIpc) is 2.42. The number of halogens is 2. The van der Waals surface area contributed by atoms with E-state index < -0.39 is 0 Å². The standard InChI is InChI=1S/C14H18BrClN2O/c1-17-10-3-5-11(6-4-10)18-14(19)12-8-9(16)2-7-13(12)15/h2,7-8,10-11,17H,3-6H2,1H3,(H,18,19). The Morgan fingerprint density at radius 2 is 1.89 bits per heavy atom. The number of hydrogen-bond acceptors (Lipinski definition) is 2. The first-order valence-corrected chi connectivity index (χ1v) is 7.70. The minimum absolute atomic E-state index is 0.0534. The van der Waals surface area contributed by atoms with Gasteiger partial charge in [-0.2, -0.15) is 0 Å². The molecule has 3 nitrogen and oxygen atoms in total. The van der Waals surface area contributed by atoms with Crippen LogP contribution >= 0.6 is 27.5 Å². The van der Waals surface area contributed by atoms with Crippen LogP contribution < -0.4 is 10.6 Å². The Labute approximate surface area is 127 Å². The lowest BCUT2D eigenvalue weighted by Gasteiger charge is -2.28. The maximum absolute atomic E-state index is 12.2. The monoisotopic (exact) mass is 344 g/mol. The Kier molecular flexibility index (Phi) is 5.25. The van der Waals surface area contributed by atoms with Gasteiger partial charge in [-0.1, -0.05) is 11.6 Å². The van der Waals surface area contributed by atoms with Crippen LogP contribution in [-0.4, -0.2) is 25.0 Å². The minimum Gasteiger partial charge on any atom is -0.349 e. The fraction of sp³-hybridized carbons (Fsp3) is 0.500. The van der Waals surface area contributed by atoms with Gasteiger partial charge >= 0.3 is 0 Å². The van der Waals surface area contributed by atoms with Crippen molar-refractivity contribution in [2.45, 2.75) is 37.8 Å². The summed E-state index contributed by atoms with van der Waals surface area (Å²) in [6.45, 7) is 0. The summed E-state index contributed by atoms with van der Waals surface area (Å²) in [6, 6.07) is 6.12. The van der Waals surface area contributed by atoms with E-state index in [0.29, 0.717) is 16.6 Å². The lowest BCUT2D eigenvalue weighted by molar-refractivity contribution is 0.0924. The molecule has 0 aliphatic heterocycles. The molecular formula is C14H18BrClN2O. The summed E-state index contributed by atoms with van der Waals surface area (Å²) in [5.41, 5.74) is 0.600. The third-order valence-corrected chi connectivity index (χ3v) is 4.57. The van der Waals surface area contributed by atoms with Crippen LogP contribution in [0.15, 0.2) is 22.7 Å². The van der Waals surface area contributed by atoms with E-state index in [1.165, 1.54) is 0 Å². The molecule has 2 rings (SSSR count). The molecule has 0 bridgehead atoms. The highest BCUT2D eigenvalue weighted by molar-refractivity contribution is 9.10. The van der Waals surface area contributed by atoms with Gasteiger partial charge in [0.05, 0.1) is 5.56 Å². The Bertz CT molecular complexity index is 459. The number of carbonyl (C=O) groups is 1. The maximum Gasteiger partial charge on any atom is 0.252 e. The third-order valence-electron chi connectivity index (χ3n) is 3.64. The van der Waals surface area contributed by atoms with Gasteiger partial charge < -0.3 is 10.6 Å². The molecule has 0 spiro atoms. The number of nitrogens with one attached hydrogen (secondary N) is 2. The van der Waals surface area contributed by atoms with E-state index in [4.69, 9.17) is 11.6 Å². The number of rotatable bonds is 3. The van der Waals surface area contributed by atoms with E-state index in [1.54, 1.807) is 18.2 Å². The molecule has 104 valence electrons. The van der Waals surface area contributed by atoms with Crippen molar-refractivity contribution in [1.29, 1.82) is 0 Å².